The highest BCUT2D eigenvalue weighted by Crippen LogP contribution is 2.56. The van der Waals surface area contributed by atoms with E-state index in [-0.39, 0.29) is 11.3 Å². The zero-order chi connectivity index (χ0) is 22.5. The van der Waals surface area contributed by atoms with Crippen LogP contribution in [0.15, 0.2) is 48.5 Å². The van der Waals surface area contributed by atoms with Crippen LogP contribution in [0.1, 0.15) is 41.7 Å². The van der Waals surface area contributed by atoms with Crippen molar-refractivity contribution in [1.29, 1.82) is 0 Å². The van der Waals surface area contributed by atoms with Gasteiger partial charge >= 0.3 is 5.97 Å². The molecule has 1 heterocycles. The van der Waals surface area contributed by atoms with Crippen LogP contribution < -0.4 is 4.90 Å². The Balaban J connectivity index is 1.88. The number of fused-ring (bicyclic) bond motifs is 1. The molecule has 7 heteroatoms. The first-order valence-electron chi connectivity index (χ1n) is 10.3. The summed E-state index contributed by atoms with van der Waals surface area (Å²) in [6, 6.07) is 11.9. The van der Waals surface area contributed by atoms with Gasteiger partial charge in [-0.2, -0.15) is 0 Å². The Labute approximate surface area is 180 Å². The van der Waals surface area contributed by atoms with Crippen LogP contribution >= 0.6 is 0 Å². The molecule has 1 aliphatic heterocycles. The molecule has 4 atom stereocenters. The van der Waals surface area contributed by atoms with Crippen LogP contribution in [-0.2, 0) is 9.59 Å². The molecule has 0 radical (unpaired) electrons. The minimum atomic E-state index is -1.58. The van der Waals surface area contributed by atoms with E-state index in [9.17, 15) is 23.9 Å². The molecule has 2 aromatic rings. The van der Waals surface area contributed by atoms with Gasteiger partial charge in [0.15, 0.2) is 0 Å². The number of carbonyl (C=O) groups is 3. The molecule has 1 amide bonds. The Kier molecular flexibility index (Phi) is 5.07. The van der Waals surface area contributed by atoms with E-state index in [2.05, 4.69) is 0 Å². The summed E-state index contributed by atoms with van der Waals surface area (Å²) in [7, 11) is 3.81. The van der Waals surface area contributed by atoms with Gasteiger partial charge in [0.25, 0.3) is 5.91 Å². The van der Waals surface area contributed by atoms with Crippen molar-refractivity contribution in [3.63, 3.8) is 0 Å². The number of Topliss-reactive ketones (excluding diaryl/α,β-unsaturated/α-hetero) is 1. The molecule has 1 saturated carbocycles. The molecule has 31 heavy (non-hydrogen) atoms. The molecule has 1 N–H and O–H groups in total. The fourth-order valence-corrected chi connectivity index (χ4v) is 5.21. The third kappa shape index (κ3) is 3.19. The normalized spacial score (nSPS) is 27.3. The molecule has 1 saturated heterocycles. The summed E-state index contributed by atoms with van der Waals surface area (Å²) in [4.78, 5) is 42.2. The quantitative estimate of drug-likeness (QED) is 0.813. The van der Waals surface area contributed by atoms with Gasteiger partial charge in [0.1, 0.15) is 17.1 Å². The lowest BCUT2D eigenvalue weighted by molar-refractivity contribution is -0.150. The van der Waals surface area contributed by atoms with Crippen LogP contribution in [0.5, 0.6) is 0 Å². The molecule has 0 spiro atoms. The summed E-state index contributed by atoms with van der Waals surface area (Å²) < 4.78 is 13.9. The van der Waals surface area contributed by atoms with Crippen molar-refractivity contribution in [3.8, 4) is 0 Å². The number of amides is 1. The molecule has 2 aromatic carbocycles. The number of halogens is 1. The van der Waals surface area contributed by atoms with E-state index >= 15 is 0 Å². The number of benzene rings is 2. The second-order valence-corrected chi connectivity index (χ2v) is 8.71. The predicted molar refractivity (Wildman–Crippen MR) is 113 cm³/mol. The Morgan fingerprint density at radius 2 is 1.84 bits per heavy atom. The maximum Gasteiger partial charge on any atom is 0.329 e. The number of hydrogen-bond donors (Lipinski definition) is 1. The number of carboxylic acid groups (broad SMARTS) is 1. The topological polar surface area (TPSA) is 77.9 Å². The number of nitrogens with zero attached hydrogens (tertiary/aromatic N) is 2. The number of ketones is 1. The standard InChI is InChI=1S/C24H25FN2O4/c1-24(23(30)31)18-11-12-19(28)20(18)21(14-7-9-17(10-8-14)26(2)3)27(24)22(29)15-5-4-6-16(25)13-15/h4-10,13,18,20-21H,11-12H2,1-3H3,(H,30,31). The molecule has 1 aliphatic carbocycles. The first-order valence-corrected chi connectivity index (χ1v) is 10.3. The van der Waals surface area contributed by atoms with Gasteiger partial charge < -0.3 is 14.9 Å². The number of carboxylic acids is 1. The molecule has 4 unspecified atom stereocenters. The average Bonchev–Trinajstić information content (AvgIpc) is 3.24. The SMILES string of the molecule is CN(C)c1ccc(C2C3C(=O)CCC3C(C)(C(=O)O)N2C(=O)c2cccc(F)c2)cc1. The molecule has 4 rings (SSSR count). The van der Waals surface area contributed by atoms with Crippen LogP contribution in [-0.4, -0.2) is 47.3 Å². The largest absolute Gasteiger partial charge is 0.479 e. The fourth-order valence-electron chi connectivity index (χ4n) is 5.21. The third-order valence-electron chi connectivity index (χ3n) is 6.82. The number of anilines is 1. The van der Waals surface area contributed by atoms with Crippen molar-refractivity contribution in [2.75, 3.05) is 19.0 Å². The fraction of sp³-hybridized carbons (Fsp3) is 0.375. The molecule has 162 valence electrons. The minimum absolute atomic E-state index is 0.0336. The average molecular weight is 424 g/mol. The molecule has 2 aliphatic rings. The van der Waals surface area contributed by atoms with E-state index in [1.54, 1.807) is 0 Å². The zero-order valence-electron chi connectivity index (χ0n) is 17.7. The summed E-state index contributed by atoms with van der Waals surface area (Å²) in [5, 5.41) is 10.2. The predicted octanol–water partition coefficient (Wildman–Crippen LogP) is 3.53. The number of hydrogen-bond acceptors (Lipinski definition) is 4. The van der Waals surface area contributed by atoms with Gasteiger partial charge in [-0.05, 0) is 49.2 Å². The van der Waals surface area contributed by atoms with Gasteiger partial charge in [-0.25, -0.2) is 9.18 Å². The van der Waals surface area contributed by atoms with Crippen molar-refractivity contribution in [1.82, 2.24) is 4.90 Å². The van der Waals surface area contributed by atoms with E-state index in [4.69, 9.17) is 0 Å². The maximum absolute atomic E-state index is 13.9. The van der Waals surface area contributed by atoms with Gasteiger partial charge in [0.05, 0.1) is 6.04 Å². The van der Waals surface area contributed by atoms with E-state index in [1.807, 2.05) is 43.3 Å². The Morgan fingerprint density at radius 1 is 1.16 bits per heavy atom. The minimum Gasteiger partial charge on any atom is -0.479 e. The van der Waals surface area contributed by atoms with Crippen molar-refractivity contribution in [3.05, 3.63) is 65.5 Å². The van der Waals surface area contributed by atoms with Gasteiger partial charge in [-0.15, -0.1) is 0 Å². The van der Waals surface area contributed by atoms with Crippen molar-refractivity contribution >= 4 is 23.3 Å². The zero-order valence-corrected chi connectivity index (χ0v) is 17.7. The molecule has 2 fully saturated rings. The van der Waals surface area contributed by atoms with Gasteiger partial charge in [-0.3, -0.25) is 9.59 Å². The van der Waals surface area contributed by atoms with E-state index in [0.29, 0.717) is 18.4 Å². The van der Waals surface area contributed by atoms with Crippen LogP contribution in [0.3, 0.4) is 0 Å². The third-order valence-corrected chi connectivity index (χ3v) is 6.82. The van der Waals surface area contributed by atoms with Crippen molar-refractivity contribution in [2.24, 2.45) is 11.8 Å². The van der Waals surface area contributed by atoms with Crippen molar-refractivity contribution < 1.29 is 23.9 Å². The number of carbonyl (C=O) groups excluding carboxylic acids is 2. The van der Waals surface area contributed by atoms with Crippen LogP contribution in [0, 0.1) is 17.7 Å². The lowest BCUT2D eigenvalue weighted by Gasteiger charge is -2.38. The molecule has 6 nitrogen and oxygen atoms in total. The van der Waals surface area contributed by atoms with Gasteiger partial charge in [-0.1, -0.05) is 18.2 Å². The maximum atomic E-state index is 13.9. The van der Waals surface area contributed by atoms with E-state index in [1.165, 1.54) is 30.0 Å². The van der Waals surface area contributed by atoms with Gasteiger partial charge in [0.2, 0.25) is 0 Å². The smallest absolute Gasteiger partial charge is 0.329 e. The summed E-state index contributed by atoms with van der Waals surface area (Å²) in [5.41, 5.74) is 0.130. The molecular formula is C24H25FN2O4. The first kappa shape index (κ1) is 21.0. The van der Waals surface area contributed by atoms with E-state index in [0.717, 1.165) is 11.8 Å². The van der Waals surface area contributed by atoms with E-state index < -0.39 is 41.1 Å². The lowest BCUT2D eigenvalue weighted by atomic mass is 9.80. The summed E-state index contributed by atoms with van der Waals surface area (Å²) in [5.74, 6) is -3.47. The second-order valence-electron chi connectivity index (χ2n) is 8.71. The van der Waals surface area contributed by atoms with Crippen LogP contribution in [0.4, 0.5) is 10.1 Å². The number of aliphatic carboxylic acids is 1. The molecule has 0 aromatic heterocycles. The summed E-state index contributed by atoms with van der Waals surface area (Å²) in [6.45, 7) is 1.51. The number of rotatable bonds is 4. The van der Waals surface area contributed by atoms with Crippen molar-refractivity contribution in [2.45, 2.75) is 31.3 Å². The lowest BCUT2D eigenvalue weighted by Crippen LogP contribution is -2.54. The van der Waals surface area contributed by atoms with Crippen LogP contribution in [0.2, 0.25) is 0 Å². The number of likely N-dealkylation sites (tertiary alicyclic amines) is 1. The Morgan fingerprint density at radius 3 is 2.42 bits per heavy atom. The Bertz CT molecular complexity index is 1050. The highest BCUT2D eigenvalue weighted by molar-refractivity contribution is 6.01. The summed E-state index contributed by atoms with van der Waals surface area (Å²) in [6.07, 6.45) is 0.706. The van der Waals surface area contributed by atoms with Gasteiger partial charge in [0, 0.05) is 43.6 Å². The second kappa shape index (κ2) is 7.48. The Hall–Kier alpha value is -3.22. The van der Waals surface area contributed by atoms with Crippen LogP contribution in [0.25, 0.3) is 0 Å². The monoisotopic (exact) mass is 424 g/mol. The molecule has 0 bridgehead atoms. The molecular weight excluding hydrogens is 399 g/mol. The highest BCUT2D eigenvalue weighted by atomic mass is 19.1. The summed E-state index contributed by atoms with van der Waals surface area (Å²) >= 11 is 0. The highest BCUT2D eigenvalue weighted by Gasteiger charge is 2.66. The first-order chi connectivity index (χ1) is 14.7.